The molecule has 0 atom stereocenters. The Morgan fingerprint density at radius 1 is 1.00 bits per heavy atom. The van der Waals surface area contributed by atoms with Crippen molar-refractivity contribution >= 4 is 11.0 Å². The van der Waals surface area contributed by atoms with Gasteiger partial charge in [-0.2, -0.15) is 5.10 Å². The number of hydrogen-bond acceptors (Lipinski definition) is 4. The smallest absolute Gasteiger partial charge is 0.196 e. The van der Waals surface area contributed by atoms with Gasteiger partial charge in [0, 0.05) is 6.54 Å². The summed E-state index contributed by atoms with van der Waals surface area (Å²) in [5, 5.41) is 4.51. The summed E-state index contributed by atoms with van der Waals surface area (Å²) < 4.78 is 7.24. The first-order valence-corrected chi connectivity index (χ1v) is 7.16. The van der Waals surface area contributed by atoms with E-state index in [9.17, 15) is 0 Å². The number of furan rings is 1. The van der Waals surface area contributed by atoms with Gasteiger partial charge in [0.05, 0.1) is 18.7 Å². The van der Waals surface area contributed by atoms with Crippen molar-refractivity contribution < 1.29 is 4.42 Å². The van der Waals surface area contributed by atoms with E-state index in [-0.39, 0.29) is 0 Å². The van der Waals surface area contributed by atoms with Crippen LogP contribution >= 0.6 is 0 Å². The van der Waals surface area contributed by atoms with Crippen LogP contribution in [-0.2, 0) is 13.0 Å². The molecule has 0 unspecified atom stereocenters. The monoisotopic (exact) mass is 290 g/mol. The summed E-state index contributed by atoms with van der Waals surface area (Å²) in [5.74, 6) is 1.25. The standard InChI is InChI=1S/C17H14N4O/c1-2-5-13(6-3-1)8-9-21-12-15-14(20-21)11-18-17(19-15)16-7-4-10-22-16/h1-7,10-12H,8-9H2. The molecule has 0 amide bonds. The normalized spacial score (nSPS) is 11.1. The highest BCUT2D eigenvalue weighted by molar-refractivity contribution is 5.74. The molecule has 0 saturated carbocycles. The van der Waals surface area contributed by atoms with E-state index in [0.29, 0.717) is 11.6 Å². The van der Waals surface area contributed by atoms with Crippen molar-refractivity contribution in [3.63, 3.8) is 0 Å². The first kappa shape index (κ1) is 12.8. The quantitative estimate of drug-likeness (QED) is 0.578. The van der Waals surface area contributed by atoms with Crippen LogP contribution in [0.5, 0.6) is 0 Å². The molecule has 22 heavy (non-hydrogen) atoms. The summed E-state index contributed by atoms with van der Waals surface area (Å²) >= 11 is 0. The Kier molecular flexibility index (Phi) is 3.16. The molecule has 4 rings (SSSR count). The second-order valence-corrected chi connectivity index (χ2v) is 5.07. The lowest BCUT2D eigenvalue weighted by molar-refractivity contribution is 0.577. The molecule has 0 bridgehead atoms. The van der Waals surface area contributed by atoms with Crippen LogP contribution in [0.15, 0.2) is 65.5 Å². The number of rotatable bonds is 4. The number of hydrogen-bond donors (Lipinski definition) is 0. The van der Waals surface area contributed by atoms with Gasteiger partial charge in [0.2, 0.25) is 0 Å². The Morgan fingerprint density at radius 2 is 1.91 bits per heavy atom. The predicted molar refractivity (Wildman–Crippen MR) is 83.2 cm³/mol. The lowest BCUT2D eigenvalue weighted by Gasteiger charge is -2.00. The predicted octanol–water partition coefficient (Wildman–Crippen LogP) is 3.33. The highest BCUT2D eigenvalue weighted by Crippen LogP contribution is 2.18. The molecule has 5 nitrogen and oxygen atoms in total. The minimum absolute atomic E-state index is 0.583. The van der Waals surface area contributed by atoms with Gasteiger partial charge in [0.15, 0.2) is 11.6 Å². The van der Waals surface area contributed by atoms with Gasteiger partial charge in [0.1, 0.15) is 11.0 Å². The number of benzene rings is 1. The molecule has 3 heterocycles. The van der Waals surface area contributed by atoms with E-state index >= 15 is 0 Å². The molecule has 108 valence electrons. The summed E-state index contributed by atoms with van der Waals surface area (Å²) in [6.07, 6.45) is 6.24. The van der Waals surface area contributed by atoms with Crippen LogP contribution in [0.3, 0.4) is 0 Å². The van der Waals surface area contributed by atoms with Gasteiger partial charge in [-0.25, -0.2) is 9.97 Å². The number of fused-ring (bicyclic) bond motifs is 1. The fourth-order valence-electron chi connectivity index (χ4n) is 2.40. The molecule has 4 aromatic rings. The van der Waals surface area contributed by atoms with Gasteiger partial charge < -0.3 is 4.42 Å². The molecule has 3 aromatic heterocycles. The average Bonchev–Trinajstić information content (AvgIpc) is 3.22. The van der Waals surface area contributed by atoms with Crippen molar-refractivity contribution in [3.8, 4) is 11.6 Å². The van der Waals surface area contributed by atoms with Crippen LogP contribution in [0.1, 0.15) is 5.56 Å². The molecule has 0 aliphatic heterocycles. The van der Waals surface area contributed by atoms with E-state index in [0.717, 1.165) is 24.0 Å². The summed E-state index contributed by atoms with van der Waals surface area (Å²) in [5.41, 5.74) is 2.92. The molecular formula is C17H14N4O. The lowest BCUT2D eigenvalue weighted by atomic mass is 10.1. The summed E-state index contributed by atoms with van der Waals surface area (Å²) in [4.78, 5) is 8.81. The zero-order valence-corrected chi connectivity index (χ0v) is 11.9. The Labute approximate surface area is 127 Å². The molecule has 0 aliphatic rings. The maximum atomic E-state index is 5.33. The van der Waals surface area contributed by atoms with E-state index < -0.39 is 0 Å². The van der Waals surface area contributed by atoms with E-state index in [2.05, 4.69) is 39.3 Å². The van der Waals surface area contributed by atoms with E-state index in [4.69, 9.17) is 4.42 Å². The second-order valence-electron chi connectivity index (χ2n) is 5.07. The van der Waals surface area contributed by atoms with Crippen molar-refractivity contribution in [1.82, 2.24) is 19.7 Å². The fourth-order valence-corrected chi connectivity index (χ4v) is 2.40. The van der Waals surface area contributed by atoms with Gasteiger partial charge >= 0.3 is 0 Å². The SMILES string of the molecule is c1ccc(CCn2cc3nc(-c4ccco4)ncc3n2)cc1. The highest BCUT2D eigenvalue weighted by Gasteiger charge is 2.08. The van der Waals surface area contributed by atoms with Gasteiger partial charge in [-0.15, -0.1) is 0 Å². The summed E-state index contributed by atoms with van der Waals surface area (Å²) in [6.45, 7) is 0.816. The Bertz CT molecular complexity index is 882. The van der Waals surface area contributed by atoms with Crippen LogP contribution in [0.2, 0.25) is 0 Å². The van der Waals surface area contributed by atoms with Crippen LogP contribution in [0, 0.1) is 0 Å². The Morgan fingerprint density at radius 3 is 2.73 bits per heavy atom. The van der Waals surface area contributed by atoms with E-state index in [1.807, 2.05) is 29.1 Å². The Hall–Kier alpha value is -2.95. The Balaban J connectivity index is 1.58. The molecule has 0 radical (unpaired) electrons. The summed E-state index contributed by atoms with van der Waals surface area (Å²) in [7, 11) is 0. The van der Waals surface area contributed by atoms with Crippen molar-refractivity contribution in [2.24, 2.45) is 0 Å². The maximum absolute atomic E-state index is 5.33. The third-order valence-corrected chi connectivity index (χ3v) is 3.52. The largest absolute Gasteiger partial charge is 0.461 e. The van der Waals surface area contributed by atoms with E-state index in [1.165, 1.54) is 5.56 Å². The van der Waals surface area contributed by atoms with Crippen molar-refractivity contribution in [3.05, 3.63) is 66.7 Å². The van der Waals surface area contributed by atoms with Crippen LogP contribution < -0.4 is 0 Å². The number of nitrogens with zero attached hydrogens (tertiary/aromatic N) is 4. The van der Waals surface area contributed by atoms with Crippen molar-refractivity contribution in [1.29, 1.82) is 0 Å². The zero-order chi connectivity index (χ0) is 14.8. The highest BCUT2D eigenvalue weighted by atomic mass is 16.3. The number of aromatic nitrogens is 4. The van der Waals surface area contributed by atoms with E-state index in [1.54, 1.807) is 12.5 Å². The summed E-state index contributed by atoms with van der Waals surface area (Å²) in [6, 6.07) is 14.0. The third-order valence-electron chi connectivity index (χ3n) is 3.52. The van der Waals surface area contributed by atoms with Crippen LogP contribution in [0.25, 0.3) is 22.6 Å². The second kappa shape index (κ2) is 5.44. The van der Waals surface area contributed by atoms with Gasteiger partial charge in [0.25, 0.3) is 0 Å². The third kappa shape index (κ3) is 2.48. The molecule has 0 fully saturated rings. The molecule has 0 spiro atoms. The topological polar surface area (TPSA) is 56.7 Å². The molecule has 5 heteroatoms. The molecule has 0 aliphatic carbocycles. The minimum Gasteiger partial charge on any atom is -0.461 e. The first-order valence-electron chi connectivity index (χ1n) is 7.16. The average molecular weight is 290 g/mol. The van der Waals surface area contributed by atoms with Crippen LogP contribution in [0.4, 0.5) is 0 Å². The number of aryl methyl sites for hydroxylation is 2. The zero-order valence-electron chi connectivity index (χ0n) is 11.9. The maximum Gasteiger partial charge on any atom is 0.196 e. The molecular weight excluding hydrogens is 276 g/mol. The van der Waals surface area contributed by atoms with Crippen molar-refractivity contribution in [2.45, 2.75) is 13.0 Å². The van der Waals surface area contributed by atoms with Crippen LogP contribution in [-0.4, -0.2) is 19.7 Å². The minimum atomic E-state index is 0.583. The first-order chi connectivity index (χ1) is 10.9. The molecule has 0 saturated heterocycles. The van der Waals surface area contributed by atoms with Gasteiger partial charge in [-0.3, -0.25) is 4.68 Å². The fraction of sp³-hybridized carbons (Fsp3) is 0.118. The van der Waals surface area contributed by atoms with Gasteiger partial charge in [-0.05, 0) is 24.1 Å². The lowest BCUT2D eigenvalue weighted by Crippen LogP contribution is -2.01. The molecule has 0 N–H and O–H groups in total. The molecule has 1 aromatic carbocycles. The van der Waals surface area contributed by atoms with Crippen molar-refractivity contribution in [2.75, 3.05) is 0 Å². The van der Waals surface area contributed by atoms with Gasteiger partial charge in [-0.1, -0.05) is 30.3 Å².